The fourth-order valence-electron chi connectivity index (χ4n) is 9.75. The molecule has 0 spiro atoms. The molecule has 1 heterocycles. The highest BCUT2D eigenvalue weighted by atomic mass is 32.3. The Kier molecular flexibility index (Phi) is 10.3. The van der Waals surface area contributed by atoms with Crippen LogP contribution >= 0.6 is 10.0 Å². The molecule has 7 rings (SSSR count). The van der Waals surface area contributed by atoms with E-state index in [1.807, 2.05) is 0 Å². The Morgan fingerprint density at radius 3 is 2.18 bits per heavy atom. The predicted molar refractivity (Wildman–Crippen MR) is 218 cm³/mol. The fraction of sp³-hybridized carbons (Fsp3) is 0.489. The minimum absolute atomic E-state index is 0.0592. The molecule has 5 atom stereocenters. The molecule has 4 aromatic rings. The van der Waals surface area contributed by atoms with E-state index in [9.17, 15) is 0 Å². The van der Waals surface area contributed by atoms with Crippen LogP contribution in [-0.4, -0.2) is 31.3 Å². The van der Waals surface area contributed by atoms with Gasteiger partial charge in [0.2, 0.25) is 0 Å². The molecule has 5 unspecified atom stereocenters. The van der Waals surface area contributed by atoms with Crippen LogP contribution in [-0.2, 0) is 11.2 Å². The lowest BCUT2D eigenvalue weighted by Gasteiger charge is -2.50. The molecule has 2 aliphatic carbocycles. The number of hydrogen-bond donors (Lipinski definition) is 0. The third-order valence-corrected chi connectivity index (χ3v) is 16.5. The van der Waals surface area contributed by atoms with Crippen LogP contribution < -0.4 is 4.90 Å². The molecule has 50 heavy (non-hydrogen) atoms. The van der Waals surface area contributed by atoms with Crippen molar-refractivity contribution < 1.29 is 4.74 Å². The van der Waals surface area contributed by atoms with Crippen molar-refractivity contribution in [3.63, 3.8) is 0 Å². The normalized spacial score (nSPS) is 22.0. The zero-order valence-corrected chi connectivity index (χ0v) is 32.8. The average molecular weight is 688 g/mol. The van der Waals surface area contributed by atoms with E-state index >= 15 is 0 Å². The standard InChI is InChI=1S/C47H61NOS/c1-8-9-10-13-20-34-26-27-36-35-21-14-16-23-38(35)45(40(36)32-34)50(7,30-19-12-11-18-29-49-47(3,4)5)46-39-24-17-15-22-37(39)44-43(46)41-31-33(2)25-28-42(41)48(44)6/h14-17,21-28,31-32,43-46H,8-13,18-20,29-30H2,1-7H3. The number of benzene rings is 4. The van der Waals surface area contributed by atoms with Gasteiger partial charge in [-0.15, -0.1) is 0 Å². The Bertz CT molecular complexity index is 1800. The van der Waals surface area contributed by atoms with E-state index in [0.717, 1.165) is 13.0 Å². The van der Waals surface area contributed by atoms with Crippen LogP contribution in [0.5, 0.6) is 0 Å². The van der Waals surface area contributed by atoms with Crippen molar-refractivity contribution in [1.29, 1.82) is 0 Å². The summed E-state index contributed by atoms with van der Waals surface area (Å²) in [5, 5.41) is 0.931. The lowest BCUT2D eigenvalue weighted by Crippen LogP contribution is -2.24. The Labute approximate surface area is 305 Å². The van der Waals surface area contributed by atoms with E-state index in [2.05, 4.69) is 138 Å². The van der Waals surface area contributed by atoms with E-state index in [4.69, 9.17) is 4.74 Å². The summed E-state index contributed by atoms with van der Waals surface area (Å²) in [5.41, 5.74) is 15.2. The maximum atomic E-state index is 6.11. The number of anilines is 1. The second-order valence-electron chi connectivity index (χ2n) is 16.7. The number of hydrogen-bond acceptors (Lipinski definition) is 2. The summed E-state index contributed by atoms with van der Waals surface area (Å²) in [6, 6.07) is 34.3. The highest BCUT2D eigenvalue weighted by Gasteiger charge is 2.56. The lowest BCUT2D eigenvalue weighted by atomic mass is 9.94. The minimum atomic E-state index is -1.29. The van der Waals surface area contributed by atoms with Crippen molar-refractivity contribution in [1.82, 2.24) is 0 Å². The largest absolute Gasteiger partial charge is 0.376 e. The Morgan fingerprint density at radius 2 is 1.40 bits per heavy atom. The van der Waals surface area contributed by atoms with Crippen LogP contribution in [0.1, 0.15) is 140 Å². The SMILES string of the molecule is CCCCCCc1ccc2c(c1)C(S(C)(CCCCCCOC(C)(C)C)C1c3ccccc3C3C1c1cc(C)ccc1N3C)c1ccccc1-2. The van der Waals surface area contributed by atoms with Crippen molar-refractivity contribution in [3.05, 3.63) is 124 Å². The van der Waals surface area contributed by atoms with E-state index in [0.29, 0.717) is 22.5 Å². The lowest BCUT2D eigenvalue weighted by molar-refractivity contribution is -0.00471. The van der Waals surface area contributed by atoms with Crippen molar-refractivity contribution in [2.45, 2.75) is 120 Å². The summed E-state index contributed by atoms with van der Waals surface area (Å²) in [4.78, 5) is 2.62. The predicted octanol–water partition coefficient (Wildman–Crippen LogP) is 13.0. The first kappa shape index (κ1) is 35.4. The molecule has 0 fully saturated rings. The summed E-state index contributed by atoms with van der Waals surface area (Å²) in [7, 11) is 1.07. The van der Waals surface area contributed by atoms with E-state index in [1.165, 1.54) is 85.1 Å². The third-order valence-electron chi connectivity index (χ3n) is 12.0. The highest BCUT2D eigenvalue weighted by Crippen LogP contribution is 2.80. The van der Waals surface area contributed by atoms with Gasteiger partial charge in [0.1, 0.15) is 0 Å². The van der Waals surface area contributed by atoms with Gasteiger partial charge in [-0.2, -0.15) is 0 Å². The molecule has 2 nitrogen and oxygen atoms in total. The first-order valence-corrected chi connectivity index (χ1v) is 22.0. The van der Waals surface area contributed by atoms with E-state index in [1.54, 1.807) is 27.8 Å². The quantitative estimate of drug-likeness (QED) is 0.122. The molecule has 3 heteroatoms. The summed E-state index contributed by atoms with van der Waals surface area (Å²) < 4.78 is 6.11. The molecular weight excluding hydrogens is 627 g/mol. The van der Waals surface area contributed by atoms with Crippen molar-refractivity contribution in [3.8, 4) is 11.1 Å². The smallest absolute Gasteiger partial charge is 0.0625 e. The number of likely N-dealkylation sites (N-methyl/N-ethyl adjacent to an activating group) is 1. The number of rotatable bonds is 14. The maximum Gasteiger partial charge on any atom is 0.0625 e. The zero-order valence-electron chi connectivity index (χ0n) is 31.9. The first-order valence-electron chi connectivity index (χ1n) is 19.6. The van der Waals surface area contributed by atoms with Crippen LogP contribution in [0.3, 0.4) is 0 Å². The average Bonchev–Trinajstić information content (AvgIpc) is 3.71. The summed E-state index contributed by atoms with van der Waals surface area (Å²) in [6.07, 6.45) is 14.2. The summed E-state index contributed by atoms with van der Waals surface area (Å²) in [5.74, 6) is 1.76. The topological polar surface area (TPSA) is 12.5 Å². The molecular formula is C47H61NOS. The number of aryl methyl sites for hydroxylation is 2. The molecule has 0 radical (unpaired) electrons. The molecule has 0 saturated carbocycles. The Hall–Kier alpha value is -3.01. The molecule has 0 amide bonds. The Balaban J connectivity index is 1.32. The molecule has 4 aromatic carbocycles. The molecule has 3 aliphatic rings. The third kappa shape index (κ3) is 6.58. The van der Waals surface area contributed by atoms with Gasteiger partial charge in [-0.25, -0.2) is 10.0 Å². The minimum Gasteiger partial charge on any atom is -0.376 e. The highest BCUT2D eigenvalue weighted by molar-refractivity contribution is 8.33. The van der Waals surface area contributed by atoms with E-state index in [-0.39, 0.29) is 5.60 Å². The van der Waals surface area contributed by atoms with Crippen LogP contribution in [0.15, 0.2) is 84.9 Å². The number of ether oxygens (including phenoxy) is 1. The molecule has 0 saturated heterocycles. The second-order valence-corrected chi connectivity index (χ2v) is 20.5. The van der Waals surface area contributed by atoms with Crippen molar-refractivity contribution >= 4 is 15.7 Å². The van der Waals surface area contributed by atoms with Gasteiger partial charge in [-0.1, -0.05) is 123 Å². The van der Waals surface area contributed by atoms with Crippen LogP contribution in [0.2, 0.25) is 0 Å². The Morgan fingerprint density at radius 1 is 0.700 bits per heavy atom. The number of fused-ring (bicyclic) bond motifs is 8. The van der Waals surface area contributed by atoms with Crippen LogP contribution in [0.25, 0.3) is 11.1 Å². The van der Waals surface area contributed by atoms with Gasteiger partial charge in [0.05, 0.1) is 11.6 Å². The van der Waals surface area contributed by atoms with Gasteiger partial charge in [0, 0.05) is 35.8 Å². The van der Waals surface area contributed by atoms with Gasteiger partial charge in [0.15, 0.2) is 0 Å². The summed E-state index contributed by atoms with van der Waals surface area (Å²) in [6.45, 7) is 12.0. The van der Waals surface area contributed by atoms with Crippen LogP contribution in [0.4, 0.5) is 5.69 Å². The van der Waals surface area contributed by atoms with Gasteiger partial charge in [-0.3, -0.25) is 0 Å². The van der Waals surface area contributed by atoms with Gasteiger partial charge in [-0.05, 0) is 116 Å². The zero-order chi connectivity index (χ0) is 35.0. The van der Waals surface area contributed by atoms with Gasteiger partial charge < -0.3 is 9.64 Å². The molecule has 0 bridgehead atoms. The van der Waals surface area contributed by atoms with Crippen LogP contribution in [0, 0.1) is 6.92 Å². The fourth-order valence-corrected chi connectivity index (χ4v) is 14.7. The second kappa shape index (κ2) is 14.5. The van der Waals surface area contributed by atoms with Crippen molar-refractivity contribution in [2.75, 3.05) is 30.6 Å². The molecule has 0 aromatic heterocycles. The van der Waals surface area contributed by atoms with Gasteiger partial charge in [0.25, 0.3) is 0 Å². The number of nitrogens with zero attached hydrogens (tertiary/aromatic N) is 1. The maximum absolute atomic E-state index is 6.11. The monoisotopic (exact) mass is 687 g/mol. The van der Waals surface area contributed by atoms with Crippen molar-refractivity contribution in [2.24, 2.45) is 0 Å². The van der Waals surface area contributed by atoms with E-state index < -0.39 is 10.0 Å². The first-order chi connectivity index (χ1) is 24.1. The number of unbranched alkanes of at least 4 members (excludes halogenated alkanes) is 6. The molecule has 266 valence electrons. The van der Waals surface area contributed by atoms with Gasteiger partial charge >= 0.3 is 0 Å². The summed E-state index contributed by atoms with van der Waals surface area (Å²) >= 11 is 0. The molecule has 0 N–H and O–H groups in total. The molecule has 1 aliphatic heterocycles.